The van der Waals surface area contributed by atoms with Crippen molar-refractivity contribution in [2.45, 2.75) is 19.4 Å². The van der Waals surface area contributed by atoms with Crippen molar-refractivity contribution in [3.05, 3.63) is 0 Å². The molecule has 0 radical (unpaired) electrons. The van der Waals surface area contributed by atoms with E-state index in [-0.39, 0.29) is 17.9 Å². The molecule has 16 heavy (non-hydrogen) atoms. The quantitative estimate of drug-likeness (QED) is 0.642. The van der Waals surface area contributed by atoms with E-state index in [4.69, 9.17) is 4.74 Å². The Morgan fingerprint density at radius 3 is 2.94 bits per heavy atom. The average molecular weight is 246 g/mol. The van der Waals surface area contributed by atoms with Crippen LogP contribution in [0, 0.1) is 5.92 Å². The highest BCUT2D eigenvalue weighted by atomic mass is 32.2. The Morgan fingerprint density at radius 2 is 2.25 bits per heavy atom. The van der Waals surface area contributed by atoms with E-state index < -0.39 is 0 Å². The molecule has 5 heteroatoms. The molecule has 1 rings (SSSR count). The van der Waals surface area contributed by atoms with Gasteiger partial charge in [-0.2, -0.15) is 11.8 Å². The third kappa shape index (κ3) is 4.31. The van der Waals surface area contributed by atoms with Gasteiger partial charge >= 0.3 is 0 Å². The first-order valence-corrected chi connectivity index (χ1v) is 7.26. The highest BCUT2D eigenvalue weighted by Crippen LogP contribution is 2.13. The summed E-state index contributed by atoms with van der Waals surface area (Å²) in [4.78, 5) is 11.9. The molecule has 0 aromatic heterocycles. The fourth-order valence-corrected chi connectivity index (χ4v) is 2.06. The molecule has 2 N–H and O–H groups in total. The van der Waals surface area contributed by atoms with Crippen molar-refractivity contribution < 1.29 is 9.53 Å². The number of rotatable bonds is 7. The van der Waals surface area contributed by atoms with Crippen molar-refractivity contribution in [3.8, 4) is 0 Å². The Balaban J connectivity index is 2.29. The minimum atomic E-state index is -0.0200. The van der Waals surface area contributed by atoms with Gasteiger partial charge in [-0.05, 0) is 19.2 Å². The summed E-state index contributed by atoms with van der Waals surface area (Å²) in [7, 11) is 0. The smallest absolute Gasteiger partial charge is 0.227 e. The Morgan fingerprint density at radius 1 is 1.44 bits per heavy atom. The van der Waals surface area contributed by atoms with Crippen LogP contribution < -0.4 is 10.6 Å². The maximum Gasteiger partial charge on any atom is 0.227 e. The van der Waals surface area contributed by atoms with Crippen LogP contribution in [0.25, 0.3) is 0 Å². The van der Waals surface area contributed by atoms with Gasteiger partial charge in [0, 0.05) is 18.3 Å². The van der Waals surface area contributed by atoms with Gasteiger partial charge in [0.25, 0.3) is 0 Å². The molecular formula is C11H22N2O2S. The van der Waals surface area contributed by atoms with Crippen molar-refractivity contribution in [1.82, 2.24) is 10.6 Å². The minimum absolute atomic E-state index is 0.0200. The van der Waals surface area contributed by atoms with Crippen LogP contribution in [0.3, 0.4) is 0 Å². The molecular weight excluding hydrogens is 224 g/mol. The molecule has 1 aliphatic heterocycles. The number of hydrogen-bond acceptors (Lipinski definition) is 4. The summed E-state index contributed by atoms with van der Waals surface area (Å²) in [5, 5.41) is 6.31. The van der Waals surface area contributed by atoms with Gasteiger partial charge < -0.3 is 15.4 Å². The van der Waals surface area contributed by atoms with Crippen molar-refractivity contribution in [1.29, 1.82) is 0 Å². The third-order valence-corrected chi connectivity index (χ3v) is 3.29. The number of nitrogens with one attached hydrogen (secondary N) is 2. The van der Waals surface area contributed by atoms with Crippen LogP contribution in [-0.2, 0) is 9.53 Å². The van der Waals surface area contributed by atoms with Crippen molar-refractivity contribution >= 4 is 17.7 Å². The first-order chi connectivity index (χ1) is 7.79. The summed E-state index contributed by atoms with van der Waals surface area (Å²) in [6, 6.07) is 0.189. The van der Waals surface area contributed by atoms with Gasteiger partial charge in [0.15, 0.2) is 0 Å². The lowest BCUT2D eigenvalue weighted by molar-refractivity contribution is -0.125. The monoisotopic (exact) mass is 246 g/mol. The molecule has 1 heterocycles. The van der Waals surface area contributed by atoms with E-state index >= 15 is 0 Å². The SMILES string of the molecule is CCCNC1COCC1C(=O)NCCSC. The first-order valence-electron chi connectivity index (χ1n) is 5.87. The van der Waals surface area contributed by atoms with Crippen LogP contribution in [0.1, 0.15) is 13.3 Å². The molecule has 0 aromatic rings. The van der Waals surface area contributed by atoms with E-state index in [0.29, 0.717) is 13.2 Å². The van der Waals surface area contributed by atoms with E-state index in [1.54, 1.807) is 11.8 Å². The molecule has 0 bridgehead atoms. The maximum absolute atomic E-state index is 11.9. The lowest BCUT2D eigenvalue weighted by Crippen LogP contribution is -2.44. The Labute approximate surface area is 102 Å². The molecule has 1 fully saturated rings. The minimum Gasteiger partial charge on any atom is -0.379 e. The van der Waals surface area contributed by atoms with E-state index in [2.05, 4.69) is 17.6 Å². The normalized spacial score (nSPS) is 24.6. The first kappa shape index (κ1) is 13.8. The van der Waals surface area contributed by atoms with Gasteiger partial charge in [0.1, 0.15) is 0 Å². The zero-order chi connectivity index (χ0) is 11.8. The van der Waals surface area contributed by atoms with Crippen LogP contribution in [0.4, 0.5) is 0 Å². The van der Waals surface area contributed by atoms with Crippen LogP contribution >= 0.6 is 11.8 Å². The Hall–Kier alpha value is -0.260. The standard InChI is InChI=1S/C11H22N2O2S/c1-3-4-12-10-8-15-7-9(10)11(14)13-5-6-16-2/h9-10,12H,3-8H2,1-2H3,(H,13,14). The van der Waals surface area contributed by atoms with Gasteiger partial charge in [-0.1, -0.05) is 6.92 Å². The van der Waals surface area contributed by atoms with Crippen molar-refractivity contribution in [2.24, 2.45) is 5.92 Å². The lowest BCUT2D eigenvalue weighted by atomic mass is 10.0. The summed E-state index contributed by atoms with van der Waals surface area (Å²) in [6.07, 6.45) is 3.12. The van der Waals surface area contributed by atoms with Gasteiger partial charge in [-0.15, -0.1) is 0 Å². The molecule has 0 saturated carbocycles. The predicted octanol–water partition coefficient (Wildman–Crippen LogP) is 0.480. The Kier molecular flexibility index (Phi) is 6.84. The van der Waals surface area contributed by atoms with Gasteiger partial charge in [-0.3, -0.25) is 4.79 Å². The molecule has 0 spiro atoms. The molecule has 2 unspecified atom stereocenters. The van der Waals surface area contributed by atoms with Crippen LogP contribution in [0.5, 0.6) is 0 Å². The Bertz CT molecular complexity index is 214. The molecule has 4 nitrogen and oxygen atoms in total. The maximum atomic E-state index is 11.9. The molecule has 1 aliphatic rings. The topological polar surface area (TPSA) is 50.4 Å². The molecule has 0 aliphatic carbocycles. The number of hydrogen-bond donors (Lipinski definition) is 2. The summed E-state index contributed by atoms with van der Waals surface area (Å²) in [5.74, 6) is 1.07. The third-order valence-electron chi connectivity index (χ3n) is 2.68. The van der Waals surface area contributed by atoms with Gasteiger partial charge in [-0.25, -0.2) is 0 Å². The van der Waals surface area contributed by atoms with Crippen LogP contribution in [0.15, 0.2) is 0 Å². The van der Waals surface area contributed by atoms with E-state index in [9.17, 15) is 4.79 Å². The largest absolute Gasteiger partial charge is 0.379 e. The number of thioether (sulfide) groups is 1. The number of carbonyl (C=O) groups is 1. The summed E-state index contributed by atoms with van der Waals surface area (Å²) in [6.45, 7) is 5.02. The molecule has 1 amide bonds. The van der Waals surface area contributed by atoms with E-state index in [1.807, 2.05) is 6.26 Å². The number of carbonyl (C=O) groups excluding carboxylic acids is 1. The highest BCUT2D eigenvalue weighted by molar-refractivity contribution is 7.98. The second-order valence-corrected chi connectivity index (χ2v) is 4.97. The fraction of sp³-hybridized carbons (Fsp3) is 0.909. The summed E-state index contributed by atoms with van der Waals surface area (Å²) < 4.78 is 5.37. The zero-order valence-corrected chi connectivity index (χ0v) is 10.9. The summed E-state index contributed by atoms with van der Waals surface area (Å²) >= 11 is 1.74. The van der Waals surface area contributed by atoms with E-state index in [1.165, 1.54) is 0 Å². The number of amides is 1. The second kappa shape index (κ2) is 7.92. The van der Waals surface area contributed by atoms with Crippen LogP contribution in [0.2, 0.25) is 0 Å². The van der Waals surface area contributed by atoms with Gasteiger partial charge in [0.2, 0.25) is 5.91 Å². The molecule has 1 saturated heterocycles. The molecule has 94 valence electrons. The number of ether oxygens (including phenoxy) is 1. The lowest BCUT2D eigenvalue weighted by Gasteiger charge is -2.18. The van der Waals surface area contributed by atoms with Crippen LogP contribution in [-0.4, -0.2) is 50.3 Å². The van der Waals surface area contributed by atoms with Crippen molar-refractivity contribution in [3.63, 3.8) is 0 Å². The zero-order valence-electron chi connectivity index (χ0n) is 10.1. The second-order valence-electron chi connectivity index (χ2n) is 3.99. The van der Waals surface area contributed by atoms with E-state index in [0.717, 1.165) is 25.3 Å². The summed E-state index contributed by atoms with van der Waals surface area (Å²) in [5.41, 5.74) is 0. The fourth-order valence-electron chi connectivity index (χ4n) is 1.75. The highest BCUT2D eigenvalue weighted by Gasteiger charge is 2.33. The average Bonchev–Trinajstić information content (AvgIpc) is 2.74. The molecule has 0 aromatic carbocycles. The predicted molar refractivity (Wildman–Crippen MR) is 67.8 cm³/mol. The van der Waals surface area contributed by atoms with Gasteiger partial charge in [0.05, 0.1) is 19.1 Å². The molecule has 2 atom stereocenters. The van der Waals surface area contributed by atoms with Crippen molar-refractivity contribution in [2.75, 3.05) is 38.3 Å².